The molecule has 7 heteroatoms. The molecule has 1 aromatic rings. The minimum absolute atomic E-state index is 0.0196. The van der Waals surface area contributed by atoms with Crippen molar-refractivity contribution in [2.24, 2.45) is 5.16 Å². The molecule has 0 aromatic carbocycles. The zero-order valence-electron chi connectivity index (χ0n) is 11.8. The fourth-order valence-corrected chi connectivity index (χ4v) is 2.66. The highest BCUT2D eigenvalue weighted by Crippen LogP contribution is 2.33. The molecule has 21 heavy (non-hydrogen) atoms. The Bertz CT molecular complexity index is 581. The zero-order chi connectivity index (χ0) is 14.9. The summed E-state index contributed by atoms with van der Waals surface area (Å²) in [6.45, 7) is 2.98. The molecule has 0 bridgehead atoms. The Hall–Kier alpha value is -2.31. The Balaban J connectivity index is 1.54. The second-order valence-electron chi connectivity index (χ2n) is 5.44. The van der Waals surface area contributed by atoms with Gasteiger partial charge in [-0.25, -0.2) is 0 Å². The number of nitrogens with zero attached hydrogens (tertiary/aromatic N) is 2. The van der Waals surface area contributed by atoms with E-state index in [4.69, 9.17) is 9.25 Å². The Labute approximate surface area is 121 Å². The molecule has 1 aromatic heterocycles. The van der Waals surface area contributed by atoms with Gasteiger partial charge >= 0.3 is 0 Å². The number of hydrogen-bond acceptors (Lipinski definition) is 5. The summed E-state index contributed by atoms with van der Waals surface area (Å²) in [6, 6.07) is 3.55. The number of amides is 2. The van der Waals surface area contributed by atoms with E-state index in [0.29, 0.717) is 43.9 Å². The fraction of sp³-hybridized carbons (Fsp3) is 0.500. The summed E-state index contributed by atoms with van der Waals surface area (Å²) in [5, 5.41) is 6.64. The van der Waals surface area contributed by atoms with Gasteiger partial charge in [0.05, 0.1) is 19.4 Å². The van der Waals surface area contributed by atoms with Crippen LogP contribution in [-0.4, -0.2) is 41.1 Å². The van der Waals surface area contributed by atoms with E-state index >= 15 is 0 Å². The minimum Gasteiger partial charge on any atom is -0.467 e. The maximum Gasteiger partial charge on any atom is 0.269 e. The van der Waals surface area contributed by atoms with Crippen LogP contribution in [0.5, 0.6) is 0 Å². The van der Waals surface area contributed by atoms with Crippen molar-refractivity contribution in [3.05, 3.63) is 24.2 Å². The smallest absolute Gasteiger partial charge is 0.269 e. The summed E-state index contributed by atoms with van der Waals surface area (Å²) in [5.74, 6) is 0.442. The van der Waals surface area contributed by atoms with Crippen LogP contribution in [0.25, 0.3) is 0 Å². The third kappa shape index (κ3) is 2.76. The third-order valence-corrected chi connectivity index (χ3v) is 3.87. The Kier molecular flexibility index (Phi) is 3.40. The third-order valence-electron chi connectivity index (χ3n) is 3.87. The molecule has 2 amide bonds. The molecule has 1 fully saturated rings. The second-order valence-corrected chi connectivity index (χ2v) is 5.44. The van der Waals surface area contributed by atoms with Gasteiger partial charge in [0, 0.05) is 26.3 Å². The van der Waals surface area contributed by atoms with Gasteiger partial charge in [-0.3, -0.25) is 9.59 Å². The van der Waals surface area contributed by atoms with Crippen molar-refractivity contribution in [3.8, 4) is 0 Å². The molecular formula is C14H17N3O4. The molecule has 0 radical (unpaired) electrons. The van der Waals surface area contributed by atoms with Gasteiger partial charge in [-0.05, 0) is 12.1 Å². The van der Waals surface area contributed by atoms with Crippen LogP contribution < -0.4 is 5.32 Å². The molecular weight excluding hydrogens is 274 g/mol. The number of hydrogen-bond donors (Lipinski definition) is 1. The first-order chi connectivity index (χ1) is 10.1. The van der Waals surface area contributed by atoms with Crippen molar-refractivity contribution in [1.29, 1.82) is 0 Å². The molecule has 1 unspecified atom stereocenters. The van der Waals surface area contributed by atoms with Crippen LogP contribution in [0.15, 0.2) is 28.0 Å². The van der Waals surface area contributed by atoms with Gasteiger partial charge in [-0.2, -0.15) is 0 Å². The number of furan rings is 1. The summed E-state index contributed by atoms with van der Waals surface area (Å²) in [6.07, 6.45) is 2.69. The predicted molar refractivity (Wildman–Crippen MR) is 73.3 cm³/mol. The highest BCUT2D eigenvalue weighted by molar-refractivity contribution is 6.39. The van der Waals surface area contributed by atoms with E-state index in [1.165, 1.54) is 6.92 Å². The number of carbonyl (C=O) groups excluding carboxylic acids is 2. The van der Waals surface area contributed by atoms with Crippen LogP contribution in [-0.2, 0) is 21.0 Å². The Morgan fingerprint density at radius 1 is 1.52 bits per heavy atom. The van der Waals surface area contributed by atoms with Crippen molar-refractivity contribution in [2.75, 3.05) is 13.1 Å². The van der Waals surface area contributed by atoms with Crippen LogP contribution in [0, 0.1) is 0 Å². The van der Waals surface area contributed by atoms with Gasteiger partial charge in [0.2, 0.25) is 5.91 Å². The lowest BCUT2D eigenvalue weighted by Gasteiger charge is -2.20. The first-order valence-electron chi connectivity index (χ1n) is 6.89. The van der Waals surface area contributed by atoms with Gasteiger partial charge < -0.3 is 19.5 Å². The summed E-state index contributed by atoms with van der Waals surface area (Å²) in [7, 11) is 0. The lowest BCUT2D eigenvalue weighted by atomic mass is 9.96. The van der Waals surface area contributed by atoms with Crippen molar-refractivity contribution >= 4 is 17.5 Å². The van der Waals surface area contributed by atoms with E-state index in [9.17, 15) is 9.59 Å². The quantitative estimate of drug-likeness (QED) is 0.886. The zero-order valence-corrected chi connectivity index (χ0v) is 11.8. The van der Waals surface area contributed by atoms with Gasteiger partial charge in [0.1, 0.15) is 11.5 Å². The maximum atomic E-state index is 12.1. The van der Waals surface area contributed by atoms with Crippen molar-refractivity contribution in [2.45, 2.75) is 31.9 Å². The van der Waals surface area contributed by atoms with Gasteiger partial charge in [-0.15, -0.1) is 0 Å². The van der Waals surface area contributed by atoms with Crippen LogP contribution in [0.4, 0.5) is 0 Å². The molecule has 1 spiro atoms. The monoisotopic (exact) mass is 291 g/mol. The van der Waals surface area contributed by atoms with E-state index < -0.39 is 5.60 Å². The van der Waals surface area contributed by atoms with Crippen LogP contribution in [0.2, 0.25) is 0 Å². The lowest BCUT2D eigenvalue weighted by Crippen LogP contribution is -2.37. The largest absolute Gasteiger partial charge is 0.467 e. The summed E-state index contributed by atoms with van der Waals surface area (Å²) in [4.78, 5) is 30.6. The summed E-state index contributed by atoms with van der Waals surface area (Å²) >= 11 is 0. The minimum atomic E-state index is -0.525. The molecule has 3 rings (SSSR count). The summed E-state index contributed by atoms with van der Waals surface area (Å²) in [5.41, 5.74) is -0.157. The number of oxime groups is 1. The van der Waals surface area contributed by atoms with E-state index in [1.54, 1.807) is 23.3 Å². The number of likely N-dealkylation sites (tertiary alicyclic amines) is 1. The van der Waals surface area contributed by atoms with E-state index in [2.05, 4.69) is 10.5 Å². The number of nitrogens with one attached hydrogen (secondary N) is 1. The molecule has 112 valence electrons. The lowest BCUT2D eigenvalue weighted by molar-refractivity contribution is -0.129. The Morgan fingerprint density at radius 2 is 2.38 bits per heavy atom. The van der Waals surface area contributed by atoms with Crippen molar-refractivity contribution in [1.82, 2.24) is 10.2 Å². The number of rotatable bonds is 3. The average Bonchev–Trinajstić information content (AvgIpc) is 3.18. The first-order valence-corrected chi connectivity index (χ1v) is 6.89. The van der Waals surface area contributed by atoms with E-state index in [-0.39, 0.29) is 11.8 Å². The second kappa shape index (κ2) is 5.23. The van der Waals surface area contributed by atoms with Crippen LogP contribution in [0.1, 0.15) is 25.5 Å². The van der Waals surface area contributed by atoms with E-state index in [1.807, 2.05) is 0 Å². The Morgan fingerprint density at radius 3 is 3.05 bits per heavy atom. The molecule has 2 aliphatic heterocycles. The topological polar surface area (TPSA) is 84.1 Å². The maximum absolute atomic E-state index is 12.1. The predicted octanol–water partition coefficient (Wildman–Crippen LogP) is 0.663. The van der Waals surface area contributed by atoms with E-state index in [0.717, 1.165) is 0 Å². The highest BCUT2D eigenvalue weighted by atomic mass is 16.7. The van der Waals surface area contributed by atoms with Gasteiger partial charge in [0.15, 0.2) is 5.60 Å². The van der Waals surface area contributed by atoms with Crippen LogP contribution >= 0.6 is 0 Å². The molecule has 0 aliphatic carbocycles. The highest BCUT2D eigenvalue weighted by Gasteiger charge is 2.47. The molecule has 1 atom stereocenters. The molecule has 0 saturated carbocycles. The normalized spacial score (nSPS) is 24.0. The molecule has 3 heterocycles. The average molecular weight is 291 g/mol. The number of carbonyl (C=O) groups is 2. The standard InChI is InChI=1S/C14H17N3O4/c1-10(18)17-5-4-14(9-17)7-12(16-21-14)13(19)15-8-11-3-2-6-20-11/h2-3,6H,4-5,7-9H2,1H3,(H,15,19). The van der Waals surface area contributed by atoms with Gasteiger partial charge in [0.25, 0.3) is 5.91 Å². The van der Waals surface area contributed by atoms with Crippen molar-refractivity contribution in [3.63, 3.8) is 0 Å². The SMILES string of the molecule is CC(=O)N1CCC2(CC(C(=O)NCc3ccco3)=NO2)C1. The van der Waals surface area contributed by atoms with Gasteiger partial charge in [-0.1, -0.05) is 5.16 Å². The molecule has 1 N–H and O–H groups in total. The first kappa shape index (κ1) is 13.7. The fourth-order valence-electron chi connectivity index (χ4n) is 2.66. The summed E-state index contributed by atoms with van der Waals surface area (Å²) < 4.78 is 5.15. The molecule has 7 nitrogen and oxygen atoms in total. The molecule has 2 aliphatic rings. The molecule has 1 saturated heterocycles. The van der Waals surface area contributed by atoms with Crippen molar-refractivity contribution < 1.29 is 18.8 Å². The van der Waals surface area contributed by atoms with Crippen LogP contribution in [0.3, 0.4) is 0 Å².